The third kappa shape index (κ3) is 12.0. The smallest absolute Gasteiger partial charge is 0.394 e. The van der Waals surface area contributed by atoms with Gasteiger partial charge in [-0.25, -0.2) is 9.97 Å². The molecule has 0 bridgehead atoms. The number of nitrogen functional groups attached to an aromatic ring is 1. The number of carbonyl (C=O) groups excluding carboxylic acids is 2. The third-order valence-electron chi connectivity index (χ3n) is 3.35. The molecule has 0 atom stereocenters. The van der Waals surface area contributed by atoms with Crippen LogP contribution in [0.25, 0.3) is 0 Å². The lowest BCUT2D eigenvalue weighted by molar-refractivity contribution is -0.689. The Hall–Kier alpha value is -2.32. The van der Waals surface area contributed by atoms with Crippen LogP contribution < -0.4 is 10.3 Å². The fourth-order valence-corrected chi connectivity index (χ4v) is 2.75. The van der Waals surface area contributed by atoms with Crippen LogP contribution >= 0.6 is 11.3 Å². The molecule has 2 rings (SSSR count). The van der Waals surface area contributed by atoms with Crippen LogP contribution in [0.5, 0.6) is 0 Å². The van der Waals surface area contributed by atoms with Gasteiger partial charge in [-0.1, -0.05) is 11.3 Å². The monoisotopic (exact) mass is 449 g/mol. The van der Waals surface area contributed by atoms with Crippen molar-refractivity contribution in [2.45, 2.75) is 40.7 Å². The number of nitrogens with zero attached hydrogens (tertiary/aromatic N) is 3. The van der Waals surface area contributed by atoms with Crippen LogP contribution in [0.4, 0.5) is 5.82 Å². The number of Topliss-reactive ketones (excluding diaryl/α,β-unsaturated/α-hetero) is 2. The molecule has 0 unspecified atom stereocenters. The Bertz CT molecular complexity index is 923. The van der Waals surface area contributed by atoms with E-state index in [2.05, 4.69) is 14.5 Å². The van der Waals surface area contributed by atoms with Gasteiger partial charge in [0.05, 0.1) is 10.4 Å². The molecule has 0 aliphatic heterocycles. The number of hydrogen-bond acceptors (Lipinski definition) is 9. The molecule has 29 heavy (non-hydrogen) atoms. The van der Waals surface area contributed by atoms with Gasteiger partial charge >= 0.3 is 10.4 Å². The number of aliphatic hydroxyl groups is 1. The summed E-state index contributed by atoms with van der Waals surface area (Å²) in [5, 5.41) is 8.98. The molecule has 162 valence electrons. The van der Waals surface area contributed by atoms with Crippen molar-refractivity contribution in [1.82, 2.24) is 9.97 Å². The van der Waals surface area contributed by atoms with Gasteiger partial charge in [-0.2, -0.15) is 13.0 Å². The van der Waals surface area contributed by atoms with E-state index < -0.39 is 10.4 Å². The number of aryl methyl sites for hydroxylation is 1. The number of carbonyl (C=O) groups is 2. The fourth-order valence-electron chi connectivity index (χ4n) is 1.77. The predicted octanol–water partition coefficient (Wildman–Crippen LogP) is 0.119. The molecule has 5 N–H and O–H groups in total. The molecule has 0 saturated carbocycles. The Morgan fingerprint density at radius 3 is 2.14 bits per heavy atom. The average molecular weight is 450 g/mol. The van der Waals surface area contributed by atoms with Gasteiger partial charge in [0.15, 0.2) is 23.8 Å². The highest BCUT2D eigenvalue weighted by atomic mass is 32.3. The maximum absolute atomic E-state index is 9.79. The van der Waals surface area contributed by atoms with E-state index in [9.17, 15) is 9.59 Å². The summed E-state index contributed by atoms with van der Waals surface area (Å²) < 4.78 is 33.7. The van der Waals surface area contributed by atoms with Crippen molar-refractivity contribution in [2.75, 3.05) is 12.3 Å². The summed E-state index contributed by atoms with van der Waals surface area (Å²) in [6.45, 7) is 7.22. The molecule has 0 amide bonds. The molecule has 0 aliphatic rings. The summed E-state index contributed by atoms with van der Waals surface area (Å²) in [7, 11) is -4.67. The summed E-state index contributed by atoms with van der Waals surface area (Å²) in [5.41, 5.74) is 10.0. The van der Waals surface area contributed by atoms with Crippen molar-refractivity contribution < 1.29 is 36.8 Å². The van der Waals surface area contributed by atoms with Crippen LogP contribution in [0.15, 0.2) is 11.7 Å². The van der Waals surface area contributed by atoms with Crippen LogP contribution in [-0.4, -0.2) is 50.8 Å². The number of rotatable bonds is 5. The number of hydrogen-bond donors (Lipinski definition) is 4. The predicted molar refractivity (Wildman–Crippen MR) is 106 cm³/mol. The molecule has 0 radical (unpaired) electrons. The quantitative estimate of drug-likeness (QED) is 0.277. The minimum absolute atomic E-state index is 0.178. The van der Waals surface area contributed by atoms with Gasteiger partial charge in [0.25, 0.3) is 0 Å². The molecule has 2 aromatic rings. The second kappa shape index (κ2) is 12.3. The summed E-state index contributed by atoms with van der Waals surface area (Å²) >= 11 is 1.65. The highest BCUT2D eigenvalue weighted by molar-refractivity contribution is 7.79. The van der Waals surface area contributed by atoms with Gasteiger partial charge in [0.2, 0.25) is 5.51 Å². The second-order valence-electron chi connectivity index (χ2n) is 5.72. The number of ketones is 2. The number of aromatic nitrogens is 3. The van der Waals surface area contributed by atoms with Gasteiger partial charge in [-0.05, 0) is 6.92 Å². The van der Waals surface area contributed by atoms with Crippen molar-refractivity contribution >= 4 is 39.1 Å². The number of anilines is 1. The lowest BCUT2D eigenvalue weighted by Gasteiger charge is -2.01. The molecule has 0 aliphatic carbocycles. The van der Waals surface area contributed by atoms with E-state index in [1.807, 2.05) is 19.4 Å². The SMILES string of the molecule is CC(=O)C(C)=O.Cc1ncc(C[n+]2csc(CCO)c2C)c(N)n1.O=S(=O)(O)O. The van der Waals surface area contributed by atoms with E-state index >= 15 is 0 Å². The van der Waals surface area contributed by atoms with Crippen molar-refractivity contribution in [2.24, 2.45) is 0 Å². The zero-order valence-electron chi connectivity index (χ0n) is 16.5. The number of thiazole rings is 1. The maximum atomic E-state index is 9.79. The summed E-state index contributed by atoms with van der Waals surface area (Å²) in [4.78, 5) is 29.1. The molecule has 0 aromatic carbocycles. The van der Waals surface area contributed by atoms with E-state index in [1.165, 1.54) is 18.7 Å². The Kier molecular flexibility index (Phi) is 11.3. The first-order chi connectivity index (χ1) is 13.3. The minimum Gasteiger partial charge on any atom is -0.396 e. The first-order valence-corrected chi connectivity index (χ1v) is 10.4. The molecular weight excluding hydrogens is 424 g/mol. The van der Waals surface area contributed by atoms with Crippen LogP contribution in [0.3, 0.4) is 0 Å². The summed E-state index contributed by atoms with van der Waals surface area (Å²) in [5.74, 6) is 0.457. The lowest BCUT2D eigenvalue weighted by atomic mass is 10.2. The Morgan fingerprint density at radius 1 is 1.21 bits per heavy atom. The Labute approximate surface area is 172 Å². The van der Waals surface area contributed by atoms with Crippen molar-refractivity contribution in [1.29, 1.82) is 0 Å². The first-order valence-electron chi connectivity index (χ1n) is 8.12. The molecule has 2 heterocycles. The molecule has 13 heteroatoms. The zero-order chi connectivity index (χ0) is 22.8. The molecule has 0 fully saturated rings. The highest BCUT2D eigenvalue weighted by Crippen LogP contribution is 2.13. The number of aliphatic hydroxyl groups excluding tert-OH is 1. The van der Waals surface area contributed by atoms with Crippen LogP contribution in [-0.2, 0) is 33.0 Å². The van der Waals surface area contributed by atoms with Crippen LogP contribution in [0, 0.1) is 13.8 Å². The van der Waals surface area contributed by atoms with Crippen LogP contribution in [0.1, 0.15) is 35.8 Å². The zero-order valence-corrected chi connectivity index (χ0v) is 18.1. The van der Waals surface area contributed by atoms with Crippen LogP contribution in [0.2, 0.25) is 0 Å². The van der Waals surface area contributed by atoms with Gasteiger partial charge in [-0.3, -0.25) is 18.7 Å². The Morgan fingerprint density at radius 2 is 1.72 bits per heavy atom. The summed E-state index contributed by atoms with van der Waals surface area (Å²) in [6.07, 6.45) is 2.47. The van der Waals surface area contributed by atoms with Gasteiger partial charge < -0.3 is 10.8 Å². The second-order valence-corrected chi connectivity index (χ2v) is 7.56. The van der Waals surface area contributed by atoms with Gasteiger partial charge in [0, 0.05) is 40.0 Å². The van der Waals surface area contributed by atoms with E-state index in [-0.39, 0.29) is 18.2 Å². The van der Waals surface area contributed by atoms with Crippen molar-refractivity contribution in [3.05, 3.63) is 33.7 Å². The van der Waals surface area contributed by atoms with Gasteiger partial charge in [-0.15, -0.1) is 0 Å². The third-order valence-corrected chi connectivity index (χ3v) is 4.49. The number of nitrogens with two attached hydrogens (primary N) is 1. The van der Waals surface area contributed by atoms with Crippen molar-refractivity contribution in [3.63, 3.8) is 0 Å². The normalized spacial score (nSPS) is 10.3. The van der Waals surface area contributed by atoms with E-state index in [0.717, 1.165) is 11.3 Å². The minimum atomic E-state index is -4.67. The Balaban J connectivity index is 0.000000591. The molecule has 0 spiro atoms. The maximum Gasteiger partial charge on any atom is 0.394 e. The molecule has 11 nitrogen and oxygen atoms in total. The van der Waals surface area contributed by atoms with Gasteiger partial charge in [0.1, 0.15) is 11.6 Å². The van der Waals surface area contributed by atoms with E-state index in [4.69, 9.17) is 28.4 Å². The standard InChI is InChI=1S/C12H17N4OS.C4H6O2.H2O4S/c1-8-11(3-4-17)18-7-16(8)6-10-5-14-9(2)15-12(10)13;1-3(5)4(2)6;1-5(2,3)4/h5,7,17H,3-4,6H2,1-2H3,(H2,13,14,15);1-2H3;(H2,1,2,3,4)/q+1;;. The van der Waals surface area contributed by atoms with E-state index in [1.54, 1.807) is 17.5 Å². The lowest BCUT2D eigenvalue weighted by Crippen LogP contribution is -2.35. The molecule has 2 aromatic heterocycles. The topological polar surface area (TPSA) is 185 Å². The average Bonchev–Trinajstić information content (AvgIpc) is 2.90. The fraction of sp³-hybridized carbons (Fsp3) is 0.438. The van der Waals surface area contributed by atoms with E-state index in [0.29, 0.717) is 24.6 Å². The largest absolute Gasteiger partial charge is 0.396 e. The first kappa shape index (κ1) is 26.7. The molecular formula is C16H25N4O7S2+. The van der Waals surface area contributed by atoms with Crippen molar-refractivity contribution in [3.8, 4) is 0 Å². The molecule has 0 saturated heterocycles. The highest BCUT2D eigenvalue weighted by Gasteiger charge is 2.16. The summed E-state index contributed by atoms with van der Waals surface area (Å²) in [6, 6.07) is 0.